The summed E-state index contributed by atoms with van der Waals surface area (Å²) in [4.78, 5) is 23.3. The lowest BCUT2D eigenvalue weighted by atomic mass is 9.93. The van der Waals surface area contributed by atoms with E-state index in [-0.39, 0.29) is 12.8 Å². The number of nitriles is 1. The van der Waals surface area contributed by atoms with E-state index in [0.717, 1.165) is 0 Å². The third-order valence-electron chi connectivity index (χ3n) is 3.32. The standard InChI is InChI=1S/C14H16BrN3O3/c1-3-14(4-2,12(19)20)18-13(21)17-11-6-5-9(8-16)7-10(11)15/h5-7H,3-4H2,1-2H3,(H,19,20)(H2,17,18,21). The van der Waals surface area contributed by atoms with Crippen molar-refractivity contribution in [1.82, 2.24) is 5.32 Å². The van der Waals surface area contributed by atoms with Gasteiger partial charge in [-0.3, -0.25) is 0 Å². The molecule has 0 radical (unpaired) electrons. The number of hydrogen-bond acceptors (Lipinski definition) is 3. The van der Waals surface area contributed by atoms with Gasteiger partial charge in [-0.1, -0.05) is 13.8 Å². The fourth-order valence-corrected chi connectivity index (χ4v) is 2.32. The molecule has 0 aliphatic rings. The Morgan fingerprint density at radius 3 is 2.43 bits per heavy atom. The Morgan fingerprint density at radius 1 is 1.38 bits per heavy atom. The Morgan fingerprint density at radius 2 is 2.00 bits per heavy atom. The molecule has 1 rings (SSSR count). The average Bonchev–Trinajstić information content (AvgIpc) is 2.46. The van der Waals surface area contributed by atoms with Crippen LogP contribution in [0, 0.1) is 11.3 Å². The SMILES string of the molecule is CCC(CC)(NC(=O)Nc1ccc(C#N)cc1Br)C(=O)O. The number of carboxylic acids is 1. The first-order valence-electron chi connectivity index (χ1n) is 6.40. The molecule has 0 fully saturated rings. The van der Waals surface area contributed by atoms with Gasteiger partial charge in [-0.15, -0.1) is 0 Å². The van der Waals surface area contributed by atoms with Crippen LogP contribution >= 0.6 is 15.9 Å². The first-order chi connectivity index (χ1) is 9.88. The molecule has 0 atom stereocenters. The van der Waals surface area contributed by atoms with E-state index >= 15 is 0 Å². The number of rotatable bonds is 5. The van der Waals surface area contributed by atoms with Gasteiger partial charge >= 0.3 is 12.0 Å². The highest BCUT2D eigenvalue weighted by Crippen LogP contribution is 2.24. The number of nitrogens with zero attached hydrogens (tertiary/aromatic N) is 1. The highest BCUT2D eigenvalue weighted by atomic mass is 79.9. The first kappa shape index (κ1) is 17.0. The molecule has 2 amide bonds. The van der Waals surface area contributed by atoms with Crippen LogP contribution in [-0.4, -0.2) is 22.6 Å². The number of urea groups is 1. The Bertz CT molecular complexity index is 592. The maximum Gasteiger partial charge on any atom is 0.329 e. The molecule has 0 aliphatic carbocycles. The lowest BCUT2D eigenvalue weighted by Gasteiger charge is -2.28. The fraction of sp³-hybridized carbons (Fsp3) is 0.357. The quantitative estimate of drug-likeness (QED) is 0.756. The molecule has 0 aliphatic heterocycles. The van der Waals surface area contributed by atoms with Crippen LogP contribution in [0.25, 0.3) is 0 Å². The zero-order valence-corrected chi connectivity index (χ0v) is 13.3. The van der Waals surface area contributed by atoms with Crippen molar-refractivity contribution in [2.75, 3.05) is 5.32 Å². The van der Waals surface area contributed by atoms with Crippen LogP contribution in [0.3, 0.4) is 0 Å². The van der Waals surface area contributed by atoms with E-state index in [4.69, 9.17) is 5.26 Å². The summed E-state index contributed by atoms with van der Waals surface area (Å²) in [5.74, 6) is -1.07. The largest absolute Gasteiger partial charge is 0.480 e. The van der Waals surface area contributed by atoms with Crippen LogP contribution in [-0.2, 0) is 4.79 Å². The Kier molecular flexibility index (Phi) is 5.73. The molecule has 112 valence electrons. The molecule has 21 heavy (non-hydrogen) atoms. The van der Waals surface area contributed by atoms with E-state index in [9.17, 15) is 14.7 Å². The van der Waals surface area contributed by atoms with Crippen molar-refractivity contribution in [3.63, 3.8) is 0 Å². The summed E-state index contributed by atoms with van der Waals surface area (Å²) in [6.45, 7) is 3.41. The molecular formula is C14H16BrN3O3. The van der Waals surface area contributed by atoms with Crippen molar-refractivity contribution in [1.29, 1.82) is 5.26 Å². The minimum absolute atomic E-state index is 0.279. The van der Waals surface area contributed by atoms with Gasteiger partial charge in [-0.05, 0) is 47.0 Å². The van der Waals surface area contributed by atoms with Gasteiger partial charge in [0, 0.05) is 4.47 Å². The molecule has 3 N–H and O–H groups in total. The van der Waals surface area contributed by atoms with Crippen LogP contribution in [0.1, 0.15) is 32.3 Å². The summed E-state index contributed by atoms with van der Waals surface area (Å²) in [7, 11) is 0. The van der Waals surface area contributed by atoms with E-state index in [1.807, 2.05) is 6.07 Å². The number of aliphatic carboxylic acids is 1. The molecule has 0 heterocycles. The second-order valence-electron chi connectivity index (χ2n) is 4.48. The predicted octanol–water partition coefficient (Wildman–Crippen LogP) is 3.09. The van der Waals surface area contributed by atoms with Crippen molar-refractivity contribution in [3.05, 3.63) is 28.2 Å². The molecule has 0 aromatic heterocycles. The Hall–Kier alpha value is -2.07. The summed E-state index contributed by atoms with van der Waals surface area (Å²) in [5.41, 5.74) is -0.379. The third-order valence-corrected chi connectivity index (χ3v) is 3.97. The Balaban J connectivity index is 2.87. The van der Waals surface area contributed by atoms with Gasteiger partial charge in [0.2, 0.25) is 0 Å². The van der Waals surface area contributed by atoms with E-state index in [0.29, 0.717) is 15.7 Å². The zero-order valence-electron chi connectivity index (χ0n) is 11.7. The molecule has 6 nitrogen and oxygen atoms in total. The van der Waals surface area contributed by atoms with Crippen LogP contribution in [0.15, 0.2) is 22.7 Å². The molecule has 0 unspecified atom stereocenters. The highest BCUT2D eigenvalue weighted by Gasteiger charge is 2.36. The number of amides is 2. The van der Waals surface area contributed by atoms with Gasteiger partial charge in [0.25, 0.3) is 0 Å². The van der Waals surface area contributed by atoms with Gasteiger partial charge in [0.1, 0.15) is 5.54 Å². The number of benzene rings is 1. The van der Waals surface area contributed by atoms with Crippen molar-refractivity contribution in [2.45, 2.75) is 32.2 Å². The maximum absolute atomic E-state index is 12.0. The summed E-state index contributed by atoms with van der Waals surface area (Å²) >= 11 is 3.25. The van der Waals surface area contributed by atoms with E-state index in [1.54, 1.807) is 32.0 Å². The van der Waals surface area contributed by atoms with Crippen LogP contribution in [0.5, 0.6) is 0 Å². The lowest BCUT2D eigenvalue weighted by Crippen LogP contribution is -2.55. The van der Waals surface area contributed by atoms with Gasteiger partial charge < -0.3 is 15.7 Å². The summed E-state index contributed by atoms with van der Waals surface area (Å²) in [6.07, 6.45) is 0.557. The monoisotopic (exact) mass is 353 g/mol. The van der Waals surface area contributed by atoms with Gasteiger partial charge in [-0.2, -0.15) is 5.26 Å². The number of anilines is 1. The van der Waals surface area contributed by atoms with Crippen LogP contribution < -0.4 is 10.6 Å². The molecule has 0 bridgehead atoms. The predicted molar refractivity (Wildman–Crippen MR) is 82.0 cm³/mol. The minimum atomic E-state index is -1.29. The normalized spacial score (nSPS) is 10.6. The van der Waals surface area contributed by atoms with E-state index < -0.39 is 17.5 Å². The number of carbonyl (C=O) groups excluding carboxylic acids is 1. The smallest absolute Gasteiger partial charge is 0.329 e. The summed E-state index contributed by atoms with van der Waals surface area (Å²) in [6, 6.07) is 6.08. The minimum Gasteiger partial charge on any atom is -0.480 e. The molecule has 0 spiro atoms. The maximum atomic E-state index is 12.0. The number of carbonyl (C=O) groups is 2. The summed E-state index contributed by atoms with van der Waals surface area (Å²) in [5, 5.41) is 23.1. The third kappa shape index (κ3) is 3.95. The first-order valence-corrected chi connectivity index (χ1v) is 7.20. The average molecular weight is 354 g/mol. The van der Waals surface area contributed by atoms with Gasteiger partial charge in [0.05, 0.1) is 17.3 Å². The zero-order chi connectivity index (χ0) is 16.0. The number of carboxylic acid groups (broad SMARTS) is 1. The van der Waals surface area contributed by atoms with E-state index in [1.165, 1.54) is 0 Å². The van der Waals surface area contributed by atoms with Crippen LogP contribution in [0.2, 0.25) is 0 Å². The second-order valence-corrected chi connectivity index (χ2v) is 5.33. The summed E-state index contributed by atoms with van der Waals surface area (Å²) < 4.78 is 0.547. The molecule has 0 saturated heterocycles. The Labute approximate surface area is 131 Å². The van der Waals surface area contributed by atoms with Crippen molar-refractivity contribution >= 4 is 33.6 Å². The van der Waals surface area contributed by atoms with Gasteiger partial charge in [-0.25, -0.2) is 9.59 Å². The lowest BCUT2D eigenvalue weighted by molar-refractivity contribution is -0.144. The fourth-order valence-electron chi connectivity index (χ4n) is 1.84. The van der Waals surface area contributed by atoms with Crippen molar-refractivity contribution in [2.24, 2.45) is 0 Å². The van der Waals surface area contributed by atoms with E-state index in [2.05, 4.69) is 26.6 Å². The molecule has 1 aromatic carbocycles. The topological polar surface area (TPSA) is 102 Å². The van der Waals surface area contributed by atoms with Crippen LogP contribution in [0.4, 0.5) is 10.5 Å². The number of nitrogens with one attached hydrogen (secondary N) is 2. The molecule has 7 heteroatoms. The van der Waals surface area contributed by atoms with Crippen molar-refractivity contribution < 1.29 is 14.7 Å². The molecular weight excluding hydrogens is 338 g/mol. The molecule has 1 aromatic rings. The number of hydrogen-bond donors (Lipinski definition) is 3. The second kappa shape index (κ2) is 7.09. The number of halogens is 1. The van der Waals surface area contributed by atoms with Gasteiger partial charge in [0.15, 0.2) is 0 Å². The highest BCUT2D eigenvalue weighted by molar-refractivity contribution is 9.10. The molecule has 0 saturated carbocycles. The van der Waals surface area contributed by atoms with Crippen molar-refractivity contribution in [3.8, 4) is 6.07 Å².